The van der Waals surface area contributed by atoms with Crippen LogP contribution < -0.4 is 169 Å². The Morgan fingerprint density at radius 2 is 0.703 bits per heavy atom. The summed E-state index contributed by atoms with van der Waals surface area (Å²) in [5, 5.41) is 87.4. The predicted molar refractivity (Wildman–Crippen MR) is 104 cm³/mol. The molecule has 0 aromatic carbocycles. The van der Waals surface area contributed by atoms with E-state index < -0.39 is 36.4 Å². The van der Waals surface area contributed by atoms with Gasteiger partial charge in [0.2, 0.25) is 0 Å². The SMILES string of the molecule is O=C([O-])CC(O)(CC(=O)[O-])C(=O)[O-].OCCOCCO.OCCOCCO.OCCOCCO.[K+].[K+].[K+]. The smallest absolute Gasteiger partial charge is 0.550 e. The van der Waals surface area contributed by atoms with Crippen molar-refractivity contribution in [1.29, 1.82) is 0 Å². The van der Waals surface area contributed by atoms with Gasteiger partial charge in [0.15, 0.2) is 0 Å². The van der Waals surface area contributed by atoms with Gasteiger partial charge in [0.1, 0.15) is 5.60 Å². The van der Waals surface area contributed by atoms with Gasteiger partial charge in [0.05, 0.1) is 85.3 Å². The van der Waals surface area contributed by atoms with Gasteiger partial charge >= 0.3 is 154 Å². The number of aliphatic carboxylic acids is 3. The number of carboxylic acids is 3. The molecule has 16 nitrogen and oxygen atoms in total. The van der Waals surface area contributed by atoms with Crippen LogP contribution in [-0.4, -0.2) is 139 Å². The van der Waals surface area contributed by atoms with Crippen LogP contribution in [-0.2, 0) is 28.6 Å². The van der Waals surface area contributed by atoms with Crippen LogP contribution in [0.4, 0.5) is 0 Å². The van der Waals surface area contributed by atoms with Crippen molar-refractivity contribution in [2.24, 2.45) is 0 Å². The van der Waals surface area contributed by atoms with Crippen LogP contribution in [0.5, 0.6) is 0 Å². The second kappa shape index (κ2) is 45.9. The molecule has 0 saturated heterocycles. The summed E-state index contributed by atoms with van der Waals surface area (Å²) >= 11 is 0. The number of hydrogen-bond acceptors (Lipinski definition) is 16. The van der Waals surface area contributed by atoms with Crippen molar-refractivity contribution in [2.75, 3.05) is 79.3 Å². The Balaban J connectivity index is -0.0000000660. The first-order valence-corrected chi connectivity index (χ1v) is 9.74. The Morgan fingerprint density at radius 1 is 0.514 bits per heavy atom. The molecule has 0 aromatic rings. The number of carbonyl (C=O) groups excluding carboxylic acids is 3. The predicted octanol–water partition coefficient (Wildman–Crippen LogP) is -17.3. The quantitative estimate of drug-likeness (QED) is 0.0584. The van der Waals surface area contributed by atoms with Gasteiger partial charge in [-0.3, -0.25) is 0 Å². The third-order valence-electron chi connectivity index (χ3n) is 2.67. The molecule has 0 bridgehead atoms. The monoisotopic (exact) mass is 624 g/mol. The first-order chi connectivity index (χ1) is 16.0. The maximum Gasteiger partial charge on any atom is 1.00 e. The van der Waals surface area contributed by atoms with Crippen molar-refractivity contribution >= 4 is 17.9 Å². The van der Waals surface area contributed by atoms with E-state index in [1.807, 2.05) is 0 Å². The number of rotatable bonds is 17. The molecule has 0 fully saturated rings. The molecular formula is C18H35K3O16. The van der Waals surface area contributed by atoms with Crippen LogP contribution in [0.2, 0.25) is 0 Å². The zero-order valence-electron chi connectivity index (χ0n) is 21.7. The van der Waals surface area contributed by atoms with Gasteiger partial charge in [-0.05, 0) is 0 Å². The molecular weight excluding hydrogens is 589 g/mol. The zero-order chi connectivity index (χ0) is 27.3. The fraction of sp³-hybridized carbons (Fsp3) is 0.833. The fourth-order valence-corrected chi connectivity index (χ4v) is 1.38. The van der Waals surface area contributed by atoms with Crippen molar-refractivity contribution in [3.05, 3.63) is 0 Å². The minimum atomic E-state index is -2.97. The number of ether oxygens (including phenoxy) is 3. The molecule has 0 aliphatic carbocycles. The second-order valence-electron chi connectivity index (χ2n) is 5.60. The molecule has 7 N–H and O–H groups in total. The first-order valence-electron chi connectivity index (χ1n) is 9.74. The largest absolute Gasteiger partial charge is 1.00 e. The minimum absolute atomic E-state index is 0. The summed E-state index contributed by atoms with van der Waals surface area (Å²) in [7, 11) is 0. The number of carboxylic acid groups (broad SMARTS) is 3. The molecule has 0 spiro atoms. The molecule has 19 heteroatoms. The first kappa shape index (κ1) is 55.8. The number of aliphatic hydroxyl groups is 7. The van der Waals surface area contributed by atoms with Crippen LogP contribution in [0.15, 0.2) is 0 Å². The van der Waals surface area contributed by atoms with Crippen LogP contribution in [0, 0.1) is 0 Å². The summed E-state index contributed by atoms with van der Waals surface area (Å²) < 4.78 is 13.9. The Morgan fingerprint density at radius 3 is 0.811 bits per heavy atom. The maximum absolute atomic E-state index is 10.1. The maximum atomic E-state index is 10.1. The van der Waals surface area contributed by atoms with E-state index in [2.05, 4.69) is 14.2 Å². The number of aliphatic hydroxyl groups excluding tert-OH is 6. The van der Waals surface area contributed by atoms with Crippen LogP contribution in [0.25, 0.3) is 0 Å². The van der Waals surface area contributed by atoms with Gasteiger partial charge in [-0.1, -0.05) is 0 Å². The van der Waals surface area contributed by atoms with Crippen molar-refractivity contribution in [3.8, 4) is 0 Å². The summed E-state index contributed by atoms with van der Waals surface area (Å²) in [6, 6.07) is 0. The molecule has 0 amide bonds. The van der Waals surface area contributed by atoms with Crippen molar-refractivity contribution in [1.82, 2.24) is 0 Å². The molecule has 0 aromatic heterocycles. The van der Waals surface area contributed by atoms with Crippen molar-refractivity contribution in [2.45, 2.75) is 18.4 Å². The molecule has 0 rings (SSSR count). The molecule has 0 saturated carbocycles. The van der Waals surface area contributed by atoms with E-state index in [0.717, 1.165) is 0 Å². The van der Waals surface area contributed by atoms with Gasteiger partial charge in [-0.15, -0.1) is 0 Å². The summed E-state index contributed by atoms with van der Waals surface area (Å²) in [6.07, 6.45) is -2.72. The average molecular weight is 625 g/mol. The van der Waals surface area contributed by atoms with E-state index >= 15 is 0 Å². The average Bonchev–Trinajstić information content (AvgIpc) is 2.75. The summed E-state index contributed by atoms with van der Waals surface area (Å²) in [5.41, 5.74) is -2.97. The van der Waals surface area contributed by atoms with Crippen LogP contribution >= 0.6 is 0 Å². The van der Waals surface area contributed by atoms with E-state index in [1.165, 1.54) is 0 Å². The molecule has 0 aliphatic rings. The molecule has 37 heavy (non-hydrogen) atoms. The van der Waals surface area contributed by atoms with Gasteiger partial charge < -0.3 is 79.7 Å². The van der Waals surface area contributed by atoms with E-state index in [1.54, 1.807) is 0 Å². The number of hydrogen-bond donors (Lipinski definition) is 7. The van der Waals surface area contributed by atoms with Crippen LogP contribution in [0.1, 0.15) is 12.8 Å². The third kappa shape index (κ3) is 55.5. The fourth-order valence-electron chi connectivity index (χ4n) is 1.38. The van der Waals surface area contributed by atoms with Gasteiger partial charge in [0.25, 0.3) is 0 Å². The Bertz CT molecular complexity index is 422. The van der Waals surface area contributed by atoms with Gasteiger partial charge in [-0.2, -0.15) is 0 Å². The third-order valence-corrected chi connectivity index (χ3v) is 2.67. The Kier molecular flexibility index (Phi) is 69.2. The van der Waals surface area contributed by atoms with Crippen molar-refractivity contribution in [3.63, 3.8) is 0 Å². The molecule has 0 aliphatic heterocycles. The Hall–Kier alpha value is 2.92. The van der Waals surface area contributed by atoms with E-state index in [0.29, 0.717) is 39.6 Å². The molecule has 0 heterocycles. The normalized spacial score (nSPS) is 9.16. The minimum Gasteiger partial charge on any atom is -0.550 e. The Labute approximate surface area is 342 Å². The molecule has 0 atom stereocenters. The molecule has 0 radical (unpaired) electrons. The summed E-state index contributed by atoms with van der Waals surface area (Å²) in [5.74, 6) is -5.98. The summed E-state index contributed by atoms with van der Waals surface area (Å²) in [4.78, 5) is 30.0. The zero-order valence-corrected chi connectivity index (χ0v) is 31.1. The van der Waals surface area contributed by atoms with E-state index in [-0.39, 0.29) is 194 Å². The second-order valence-corrected chi connectivity index (χ2v) is 5.60. The van der Waals surface area contributed by atoms with Gasteiger partial charge in [0, 0.05) is 24.8 Å². The van der Waals surface area contributed by atoms with E-state index in [9.17, 15) is 29.7 Å². The van der Waals surface area contributed by atoms with Crippen LogP contribution in [0.3, 0.4) is 0 Å². The number of carbonyl (C=O) groups is 3. The summed E-state index contributed by atoms with van der Waals surface area (Å²) in [6.45, 7) is 2.09. The molecule has 206 valence electrons. The standard InChI is InChI=1S/C6H8O7.3C4H10O3.3K/c7-3(8)1-6(13,5(11)12)2-4(9)10;3*5-1-3-7-4-2-6;;;/h13H,1-2H2,(H,7,8)(H,9,10)(H,11,12);3*5-6H,1-4H2;;;/q;;;;3*+1/p-3. The van der Waals surface area contributed by atoms with E-state index in [4.69, 9.17) is 35.7 Å². The van der Waals surface area contributed by atoms with Crippen molar-refractivity contribution < 1.29 is 234 Å². The van der Waals surface area contributed by atoms with Gasteiger partial charge in [-0.25, -0.2) is 0 Å². The topological polar surface area (TPSA) is 290 Å². The molecule has 0 unspecified atom stereocenters.